The zero-order valence-electron chi connectivity index (χ0n) is 12.4. The molecular weight excluding hydrogens is 256 g/mol. The Bertz CT molecular complexity index is 387. The van der Waals surface area contributed by atoms with E-state index in [1.807, 2.05) is 11.3 Å². The Morgan fingerprint density at radius 1 is 1.37 bits per heavy atom. The fourth-order valence-corrected chi connectivity index (χ4v) is 3.54. The van der Waals surface area contributed by atoms with E-state index in [4.69, 9.17) is 9.72 Å². The number of hydrogen-bond acceptors (Lipinski definition) is 4. The van der Waals surface area contributed by atoms with E-state index in [-0.39, 0.29) is 6.10 Å². The zero-order valence-corrected chi connectivity index (χ0v) is 13.2. The van der Waals surface area contributed by atoms with Gasteiger partial charge in [0, 0.05) is 24.4 Å². The van der Waals surface area contributed by atoms with Crippen molar-refractivity contribution in [2.24, 2.45) is 0 Å². The predicted molar refractivity (Wildman–Crippen MR) is 80.7 cm³/mol. The fourth-order valence-electron chi connectivity index (χ4n) is 2.31. The summed E-state index contributed by atoms with van der Waals surface area (Å²) in [6.07, 6.45) is 6.20. The Kier molecular flexibility index (Phi) is 5.79. The second kappa shape index (κ2) is 7.36. The van der Waals surface area contributed by atoms with Crippen LogP contribution in [-0.2, 0) is 11.3 Å². The van der Waals surface area contributed by atoms with E-state index in [2.05, 4.69) is 19.2 Å². The molecule has 1 aliphatic rings. The van der Waals surface area contributed by atoms with Crippen molar-refractivity contribution in [1.29, 1.82) is 0 Å². The molecule has 19 heavy (non-hydrogen) atoms. The number of thiazole rings is 1. The topological polar surface area (TPSA) is 34.1 Å². The van der Waals surface area contributed by atoms with Gasteiger partial charge in [0.05, 0.1) is 5.69 Å². The number of nitrogens with one attached hydrogen (secondary N) is 1. The number of ether oxygens (including phenoxy) is 1. The average molecular weight is 282 g/mol. The van der Waals surface area contributed by atoms with Gasteiger partial charge in [-0.1, -0.05) is 20.3 Å². The van der Waals surface area contributed by atoms with E-state index in [0.29, 0.717) is 0 Å². The van der Waals surface area contributed by atoms with E-state index in [1.165, 1.54) is 34.8 Å². The summed E-state index contributed by atoms with van der Waals surface area (Å²) in [7, 11) is 1.80. The number of nitrogens with zero attached hydrogens (tertiary/aromatic N) is 1. The Balaban J connectivity index is 2.09. The smallest absolute Gasteiger partial charge is 0.122 e. The third-order valence-electron chi connectivity index (χ3n) is 3.53. The Morgan fingerprint density at radius 3 is 2.74 bits per heavy atom. The van der Waals surface area contributed by atoms with Gasteiger partial charge in [-0.05, 0) is 32.2 Å². The summed E-state index contributed by atoms with van der Waals surface area (Å²) in [6.45, 7) is 6.46. The second-order valence-electron chi connectivity index (χ2n) is 5.32. The summed E-state index contributed by atoms with van der Waals surface area (Å²) in [5.74, 6) is 0.725. The first-order chi connectivity index (χ1) is 9.30. The molecule has 0 radical (unpaired) electrons. The molecule has 0 aliphatic heterocycles. The summed E-state index contributed by atoms with van der Waals surface area (Å²) in [6, 6.07) is 0. The normalized spacial score (nSPS) is 16.8. The van der Waals surface area contributed by atoms with Crippen molar-refractivity contribution < 1.29 is 4.74 Å². The lowest BCUT2D eigenvalue weighted by molar-refractivity contribution is 0.0946. The minimum absolute atomic E-state index is 0.187. The number of methoxy groups -OCH3 is 1. The molecule has 0 amide bonds. The molecule has 4 heteroatoms. The van der Waals surface area contributed by atoms with Crippen molar-refractivity contribution in [1.82, 2.24) is 10.3 Å². The summed E-state index contributed by atoms with van der Waals surface area (Å²) < 4.78 is 5.60. The Labute approximate surface area is 120 Å². The summed E-state index contributed by atoms with van der Waals surface area (Å²) in [5.41, 5.74) is 1.35. The highest BCUT2D eigenvalue weighted by Gasteiger charge is 2.30. The highest BCUT2D eigenvalue weighted by Crippen LogP contribution is 2.44. The van der Waals surface area contributed by atoms with E-state index in [1.54, 1.807) is 7.11 Å². The molecule has 0 spiro atoms. The molecule has 1 N–H and O–H groups in total. The monoisotopic (exact) mass is 282 g/mol. The molecule has 1 atom stereocenters. The van der Waals surface area contributed by atoms with Crippen LogP contribution in [0, 0.1) is 0 Å². The van der Waals surface area contributed by atoms with E-state index < -0.39 is 0 Å². The first-order valence-electron chi connectivity index (χ1n) is 7.53. The van der Waals surface area contributed by atoms with Crippen LogP contribution in [0.3, 0.4) is 0 Å². The van der Waals surface area contributed by atoms with E-state index in [0.717, 1.165) is 31.8 Å². The van der Waals surface area contributed by atoms with E-state index >= 15 is 0 Å². The second-order valence-corrected chi connectivity index (χ2v) is 6.44. The molecule has 1 heterocycles. The maximum absolute atomic E-state index is 5.60. The van der Waals surface area contributed by atoms with Crippen molar-refractivity contribution in [3.05, 3.63) is 15.6 Å². The van der Waals surface area contributed by atoms with Gasteiger partial charge in [0.2, 0.25) is 0 Å². The van der Waals surface area contributed by atoms with Crippen molar-refractivity contribution in [2.45, 2.75) is 64.5 Å². The fraction of sp³-hybridized carbons (Fsp3) is 0.800. The van der Waals surface area contributed by atoms with Crippen LogP contribution in [0.4, 0.5) is 0 Å². The van der Waals surface area contributed by atoms with Crippen molar-refractivity contribution in [3.63, 3.8) is 0 Å². The number of hydrogen-bond donors (Lipinski definition) is 1. The van der Waals surface area contributed by atoms with Crippen LogP contribution in [0.2, 0.25) is 0 Å². The summed E-state index contributed by atoms with van der Waals surface area (Å²) >= 11 is 1.85. The maximum Gasteiger partial charge on any atom is 0.122 e. The molecule has 1 unspecified atom stereocenters. The van der Waals surface area contributed by atoms with Gasteiger partial charge in [-0.3, -0.25) is 0 Å². The van der Waals surface area contributed by atoms with Gasteiger partial charge in [0.1, 0.15) is 11.1 Å². The Morgan fingerprint density at radius 2 is 2.16 bits per heavy atom. The quantitative estimate of drug-likeness (QED) is 0.695. The van der Waals surface area contributed by atoms with Gasteiger partial charge in [-0.25, -0.2) is 4.98 Å². The average Bonchev–Trinajstić information content (AvgIpc) is 3.18. The molecule has 2 rings (SSSR count). The highest BCUT2D eigenvalue weighted by molar-refractivity contribution is 7.11. The van der Waals surface area contributed by atoms with Gasteiger partial charge < -0.3 is 10.1 Å². The first kappa shape index (κ1) is 14.9. The van der Waals surface area contributed by atoms with E-state index in [9.17, 15) is 0 Å². The van der Waals surface area contributed by atoms with Crippen molar-refractivity contribution >= 4 is 11.3 Å². The van der Waals surface area contributed by atoms with Crippen LogP contribution in [-0.4, -0.2) is 18.6 Å². The molecule has 1 aromatic rings. The lowest BCUT2D eigenvalue weighted by Crippen LogP contribution is -2.13. The molecule has 0 saturated heterocycles. The van der Waals surface area contributed by atoms with Crippen LogP contribution in [0.25, 0.3) is 0 Å². The lowest BCUT2D eigenvalue weighted by Gasteiger charge is -2.10. The maximum atomic E-state index is 5.60. The standard InChI is InChI=1S/C15H26N2OS/c1-4-6-12(18-3)15-17-14(11-7-8-11)13(19-15)10-16-9-5-2/h11-12,16H,4-10H2,1-3H3. The molecule has 108 valence electrons. The highest BCUT2D eigenvalue weighted by atomic mass is 32.1. The summed E-state index contributed by atoms with van der Waals surface area (Å²) in [5, 5.41) is 4.69. The third-order valence-corrected chi connectivity index (χ3v) is 4.69. The van der Waals surface area contributed by atoms with Gasteiger partial charge in [-0.15, -0.1) is 11.3 Å². The largest absolute Gasteiger partial charge is 0.374 e. The summed E-state index contributed by atoms with van der Waals surface area (Å²) in [4.78, 5) is 6.33. The molecule has 1 aromatic heterocycles. The number of aromatic nitrogens is 1. The SMILES string of the molecule is CCCNCc1sc(C(CCC)OC)nc1C1CC1. The van der Waals surface area contributed by atoms with Gasteiger partial charge >= 0.3 is 0 Å². The molecular formula is C15H26N2OS. The number of rotatable bonds is 9. The first-order valence-corrected chi connectivity index (χ1v) is 8.34. The van der Waals surface area contributed by atoms with Crippen LogP contribution in [0.5, 0.6) is 0 Å². The molecule has 1 saturated carbocycles. The minimum atomic E-state index is 0.187. The molecule has 3 nitrogen and oxygen atoms in total. The minimum Gasteiger partial charge on any atom is -0.374 e. The third kappa shape index (κ3) is 4.01. The molecule has 0 bridgehead atoms. The van der Waals surface area contributed by atoms with Crippen LogP contribution >= 0.6 is 11.3 Å². The van der Waals surface area contributed by atoms with Crippen LogP contribution < -0.4 is 5.32 Å². The van der Waals surface area contributed by atoms with Gasteiger partial charge in [-0.2, -0.15) is 0 Å². The van der Waals surface area contributed by atoms with Gasteiger partial charge in [0.25, 0.3) is 0 Å². The van der Waals surface area contributed by atoms with Gasteiger partial charge in [0.15, 0.2) is 0 Å². The van der Waals surface area contributed by atoms with Crippen molar-refractivity contribution in [2.75, 3.05) is 13.7 Å². The predicted octanol–water partition coefficient (Wildman–Crippen LogP) is 4.01. The molecule has 1 aliphatic carbocycles. The zero-order chi connectivity index (χ0) is 13.7. The van der Waals surface area contributed by atoms with Crippen LogP contribution in [0.15, 0.2) is 0 Å². The Hall–Kier alpha value is -0.450. The lowest BCUT2D eigenvalue weighted by atomic mass is 10.2. The van der Waals surface area contributed by atoms with Crippen molar-refractivity contribution in [3.8, 4) is 0 Å². The van der Waals surface area contributed by atoms with Crippen LogP contribution in [0.1, 0.15) is 73.6 Å². The molecule has 1 fully saturated rings. The molecule has 0 aromatic carbocycles.